The number of likely N-dealkylation sites (tertiary alicyclic amines) is 1. The van der Waals surface area contributed by atoms with Crippen molar-refractivity contribution in [1.29, 1.82) is 0 Å². The Kier molecular flexibility index (Phi) is 4.97. The van der Waals surface area contributed by atoms with Crippen LogP contribution in [0, 0.1) is 13.8 Å². The van der Waals surface area contributed by atoms with E-state index >= 15 is 0 Å². The van der Waals surface area contributed by atoms with Gasteiger partial charge in [0.2, 0.25) is 5.91 Å². The van der Waals surface area contributed by atoms with E-state index in [1.165, 1.54) is 0 Å². The number of para-hydroxylation sites is 2. The molecule has 0 saturated carbocycles. The van der Waals surface area contributed by atoms with E-state index in [1.807, 2.05) is 59.8 Å². The fourth-order valence-electron chi connectivity index (χ4n) is 4.26. The third-order valence-corrected chi connectivity index (χ3v) is 5.90. The lowest BCUT2D eigenvalue weighted by Crippen LogP contribution is -2.39. The lowest BCUT2D eigenvalue weighted by atomic mass is 9.90. The molecule has 1 fully saturated rings. The summed E-state index contributed by atoms with van der Waals surface area (Å²) in [6.07, 6.45) is 5.27. The van der Waals surface area contributed by atoms with Crippen molar-refractivity contribution < 1.29 is 9.32 Å². The number of benzene rings is 1. The topological polar surface area (TPSA) is 89.9 Å². The van der Waals surface area contributed by atoms with Gasteiger partial charge in [0, 0.05) is 31.3 Å². The number of fused-ring (bicyclic) bond motifs is 1. The molecule has 8 heteroatoms. The summed E-state index contributed by atoms with van der Waals surface area (Å²) in [6.45, 7) is 5.50. The van der Waals surface area contributed by atoms with Crippen LogP contribution in [0.3, 0.4) is 0 Å². The van der Waals surface area contributed by atoms with Crippen LogP contribution in [0.5, 0.6) is 0 Å². The first-order valence-electron chi connectivity index (χ1n) is 10.5. The van der Waals surface area contributed by atoms with Gasteiger partial charge in [-0.25, -0.2) is 15.0 Å². The second kappa shape index (κ2) is 7.94. The normalized spacial score (nSPS) is 15.0. The summed E-state index contributed by atoms with van der Waals surface area (Å²) in [4.78, 5) is 28.3. The first-order chi connectivity index (χ1) is 15.1. The highest BCUT2D eigenvalue weighted by molar-refractivity contribution is 5.80. The van der Waals surface area contributed by atoms with Gasteiger partial charge in [-0.05, 0) is 38.8 Å². The van der Waals surface area contributed by atoms with Crippen LogP contribution in [0.4, 0.5) is 0 Å². The van der Waals surface area contributed by atoms with E-state index in [4.69, 9.17) is 9.51 Å². The molecule has 0 spiro atoms. The van der Waals surface area contributed by atoms with Gasteiger partial charge in [-0.1, -0.05) is 17.3 Å². The van der Waals surface area contributed by atoms with Crippen molar-refractivity contribution in [3.05, 3.63) is 60.1 Å². The molecular weight excluding hydrogens is 392 g/mol. The van der Waals surface area contributed by atoms with Crippen LogP contribution in [0.1, 0.15) is 36.0 Å². The zero-order valence-electron chi connectivity index (χ0n) is 17.7. The molecule has 8 nitrogen and oxygen atoms in total. The van der Waals surface area contributed by atoms with E-state index in [0.717, 1.165) is 46.7 Å². The Balaban J connectivity index is 1.29. The third kappa shape index (κ3) is 3.81. The largest absolute Gasteiger partial charge is 0.356 e. The Bertz CT molecular complexity index is 1240. The minimum atomic E-state index is 0.117. The number of hydrogen-bond acceptors (Lipinski definition) is 6. The van der Waals surface area contributed by atoms with Gasteiger partial charge < -0.3 is 14.0 Å². The average Bonchev–Trinajstić information content (AvgIpc) is 3.40. The van der Waals surface area contributed by atoms with Crippen LogP contribution in [0.15, 0.2) is 47.4 Å². The lowest BCUT2D eigenvalue weighted by molar-refractivity contribution is -0.132. The first kappa shape index (κ1) is 19.4. The zero-order chi connectivity index (χ0) is 21.4. The molecule has 0 unspecified atom stereocenters. The number of imidazole rings is 1. The van der Waals surface area contributed by atoms with Gasteiger partial charge in [0.25, 0.3) is 0 Å². The second-order valence-electron chi connectivity index (χ2n) is 8.06. The Morgan fingerprint density at radius 3 is 2.74 bits per heavy atom. The summed E-state index contributed by atoms with van der Waals surface area (Å²) in [5, 5.41) is 4.00. The van der Waals surface area contributed by atoms with Gasteiger partial charge in [-0.3, -0.25) is 4.79 Å². The SMILES string of the molecule is Cc1cc(-c2cnc(C)nc2C2CCN(C(=O)Cn3cnc4ccccc43)CC2)on1. The molecule has 1 aliphatic rings. The predicted molar refractivity (Wildman–Crippen MR) is 115 cm³/mol. The Morgan fingerprint density at radius 1 is 1.16 bits per heavy atom. The van der Waals surface area contributed by atoms with Crippen molar-refractivity contribution >= 4 is 16.9 Å². The Labute approximate surface area is 179 Å². The first-order valence-corrected chi connectivity index (χ1v) is 10.5. The number of piperidine rings is 1. The number of carbonyl (C=O) groups is 1. The predicted octanol–water partition coefficient (Wildman–Crippen LogP) is 3.50. The summed E-state index contributed by atoms with van der Waals surface area (Å²) in [6, 6.07) is 9.78. The van der Waals surface area contributed by atoms with Gasteiger partial charge in [-0.15, -0.1) is 0 Å². The minimum Gasteiger partial charge on any atom is -0.356 e. The summed E-state index contributed by atoms with van der Waals surface area (Å²) < 4.78 is 7.39. The number of aryl methyl sites for hydroxylation is 2. The maximum atomic E-state index is 12.9. The molecule has 1 aromatic carbocycles. The molecule has 4 heterocycles. The van der Waals surface area contributed by atoms with E-state index in [0.29, 0.717) is 25.4 Å². The lowest BCUT2D eigenvalue weighted by Gasteiger charge is -2.32. The highest BCUT2D eigenvalue weighted by atomic mass is 16.5. The molecule has 1 aliphatic heterocycles. The molecule has 0 atom stereocenters. The molecule has 31 heavy (non-hydrogen) atoms. The average molecular weight is 416 g/mol. The molecule has 4 aromatic rings. The van der Waals surface area contributed by atoms with Crippen molar-refractivity contribution in [2.75, 3.05) is 13.1 Å². The highest BCUT2D eigenvalue weighted by Gasteiger charge is 2.28. The van der Waals surface area contributed by atoms with Crippen LogP contribution >= 0.6 is 0 Å². The van der Waals surface area contributed by atoms with Crippen molar-refractivity contribution in [2.45, 2.75) is 39.2 Å². The highest BCUT2D eigenvalue weighted by Crippen LogP contribution is 2.34. The minimum absolute atomic E-state index is 0.117. The third-order valence-electron chi connectivity index (χ3n) is 5.90. The maximum Gasteiger partial charge on any atom is 0.242 e. The number of amides is 1. The molecule has 1 saturated heterocycles. The van der Waals surface area contributed by atoms with Gasteiger partial charge in [0.05, 0.1) is 34.3 Å². The number of rotatable bonds is 4. The molecule has 158 valence electrons. The Morgan fingerprint density at radius 2 is 1.97 bits per heavy atom. The maximum absolute atomic E-state index is 12.9. The van der Waals surface area contributed by atoms with E-state index in [1.54, 1.807) is 6.33 Å². The number of nitrogens with zero attached hydrogens (tertiary/aromatic N) is 6. The molecule has 0 bridgehead atoms. The molecule has 0 aliphatic carbocycles. The van der Waals surface area contributed by atoms with E-state index in [2.05, 4.69) is 15.1 Å². The van der Waals surface area contributed by atoms with E-state index in [9.17, 15) is 4.79 Å². The molecular formula is C23H24N6O2. The second-order valence-corrected chi connectivity index (χ2v) is 8.06. The number of carbonyl (C=O) groups excluding carboxylic acids is 1. The number of aromatic nitrogens is 5. The van der Waals surface area contributed by atoms with Gasteiger partial charge in [-0.2, -0.15) is 0 Å². The smallest absolute Gasteiger partial charge is 0.242 e. The molecule has 0 N–H and O–H groups in total. The molecule has 0 radical (unpaired) electrons. The van der Waals surface area contributed by atoms with Crippen LogP contribution in [-0.4, -0.2) is 48.6 Å². The standard InChI is InChI=1S/C23H24N6O2/c1-15-11-21(31-27-15)18-12-24-16(2)26-23(18)17-7-9-28(10-8-17)22(30)13-29-14-25-19-5-3-4-6-20(19)29/h3-6,11-12,14,17H,7-10,13H2,1-2H3. The molecule has 5 rings (SSSR count). The quantitative estimate of drug-likeness (QED) is 0.506. The van der Waals surface area contributed by atoms with E-state index < -0.39 is 0 Å². The van der Waals surface area contributed by atoms with Gasteiger partial charge >= 0.3 is 0 Å². The molecule has 3 aromatic heterocycles. The monoisotopic (exact) mass is 416 g/mol. The van der Waals surface area contributed by atoms with Gasteiger partial charge in [0.1, 0.15) is 12.4 Å². The van der Waals surface area contributed by atoms with Crippen LogP contribution < -0.4 is 0 Å². The summed E-state index contributed by atoms with van der Waals surface area (Å²) in [7, 11) is 0. The number of hydrogen-bond donors (Lipinski definition) is 0. The van der Waals surface area contributed by atoms with Gasteiger partial charge in [0.15, 0.2) is 5.76 Å². The summed E-state index contributed by atoms with van der Waals surface area (Å²) in [5.74, 6) is 1.80. The van der Waals surface area contributed by atoms with Crippen molar-refractivity contribution in [2.24, 2.45) is 0 Å². The summed E-state index contributed by atoms with van der Waals surface area (Å²) in [5.41, 5.74) is 4.59. The summed E-state index contributed by atoms with van der Waals surface area (Å²) >= 11 is 0. The van der Waals surface area contributed by atoms with Crippen LogP contribution in [-0.2, 0) is 11.3 Å². The van der Waals surface area contributed by atoms with Crippen molar-refractivity contribution in [3.63, 3.8) is 0 Å². The van der Waals surface area contributed by atoms with Crippen LogP contribution in [0.25, 0.3) is 22.4 Å². The van der Waals surface area contributed by atoms with Crippen molar-refractivity contribution in [1.82, 2.24) is 29.6 Å². The fourth-order valence-corrected chi connectivity index (χ4v) is 4.26. The fraction of sp³-hybridized carbons (Fsp3) is 0.348. The van der Waals surface area contributed by atoms with Crippen molar-refractivity contribution in [3.8, 4) is 11.3 Å². The molecule has 1 amide bonds. The van der Waals surface area contributed by atoms with Crippen LogP contribution in [0.2, 0.25) is 0 Å². The van der Waals surface area contributed by atoms with E-state index in [-0.39, 0.29) is 11.8 Å². The zero-order valence-corrected chi connectivity index (χ0v) is 17.7. The Hall–Kier alpha value is -3.55.